The lowest BCUT2D eigenvalue weighted by molar-refractivity contribution is 0.565. The second-order valence-electron chi connectivity index (χ2n) is 3.43. The van der Waals surface area contributed by atoms with Crippen LogP contribution in [0, 0.1) is 23.0 Å². The normalized spacial score (nSPS) is 10.1. The van der Waals surface area contributed by atoms with E-state index < -0.39 is 11.6 Å². The third-order valence-corrected chi connectivity index (χ3v) is 3.54. The minimum absolute atomic E-state index is 0.259. The zero-order valence-electron chi connectivity index (χ0n) is 8.95. The van der Waals surface area contributed by atoms with Crippen LogP contribution in [0.3, 0.4) is 0 Å². The molecule has 0 amide bonds. The van der Waals surface area contributed by atoms with E-state index in [0.717, 1.165) is 17.8 Å². The summed E-state index contributed by atoms with van der Waals surface area (Å²) < 4.78 is 26.2. The van der Waals surface area contributed by atoms with Gasteiger partial charge in [0.2, 0.25) is 0 Å². The quantitative estimate of drug-likeness (QED) is 0.800. The van der Waals surface area contributed by atoms with Gasteiger partial charge in [0.15, 0.2) is 0 Å². The average molecular weight is 282 g/mol. The molecule has 0 radical (unpaired) electrons. The van der Waals surface area contributed by atoms with E-state index in [1.54, 1.807) is 12.1 Å². The molecule has 2 aromatic carbocycles. The number of nitriles is 1. The van der Waals surface area contributed by atoms with Gasteiger partial charge < -0.3 is 0 Å². The van der Waals surface area contributed by atoms with Gasteiger partial charge in [0.05, 0.1) is 5.56 Å². The maximum atomic E-state index is 13.5. The van der Waals surface area contributed by atoms with E-state index in [1.807, 2.05) is 6.07 Å². The molecule has 0 fully saturated rings. The predicted molar refractivity (Wildman–Crippen MR) is 66.6 cm³/mol. The second-order valence-corrected chi connectivity index (χ2v) is 4.95. The second kappa shape index (κ2) is 5.38. The first-order valence-corrected chi connectivity index (χ1v) is 6.12. The first-order chi connectivity index (χ1) is 8.60. The Hall–Kier alpha value is -1.57. The van der Waals surface area contributed by atoms with E-state index in [-0.39, 0.29) is 4.90 Å². The monoisotopic (exact) mass is 281 g/mol. The molecule has 0 spiro atoms. The van der Waals surface area contributed by atoms with Gasteiger partial charge in [-0.3, -0.25) is 0 Å². The molecule has 0 heterocycles. The molecule has 5 heteroatoms. The molecule has 0 aliphatic rings. The van der Waals surface area contributed by atoms with Crippen molar-refractivity contribution in [2.24, 2.45) is 0 Å². The smallest absolute Gasteiger partial charge is 0.140 e. The third-order valence-electron chi connectivity index (χ3n) is 2.18. The van der Waals surface area contributed by atoms with Crippen LogP contribution in [-0.4, -0.2) is 0 Å². The lowest BCUT2D eigenvalue weighted by Crippen LogP contribution is -1.86. The minimum Gasteiger partial charge on any atom is -0.207 e. The molecule has 18 heavy (non-hydrogen) atoms. The predicted octanol–water partition coefficient (Wildman–Crippen LogP) is 4.64. The Balaban J connectivity index is 2.37. The zero-order chi connectivity index (χ0) is 13.1. The Bertz CT molecular complexity index is 637. The fraction of sp³-hybridized carbons (Fsp3) is 0. The van der Waals surface area contributed by atoms with Gasteiger partial charge in [-0.05, 0) is 30.3 Å². The molecular formula is C13H6ClF2NS. The Labute approximate surface area is 112 Å². The third kappa shape index (κ3) is 2.81. The van der Waals surface area contributed by atoms with Gasteiger partial charge in [-0.25, -0.2) is 8.78 Å². The van der Waals surface area contributed by atoms with Crippen LogP contribution in [0.25, 0.3) is 0 Å². The Kier molecular flexibility index (Phi) is 3.85. The Morgan fingerprint density at radius 2 is 1.78 bits per heavy atom. The van der Waals surface area contributed by atoms with E-state index >= 15 is 0 Å². The van der Waals surface area contributed by atoms with Gasteiger partial charge in [0.1, 0.15) is 17.7 Å². The number of benzene rings is 2. The summed E-state index contributed by atoms with van der Waals surface area (Å²) in [5, 5.41) is 9.40. The van der Waals surface area contributed by atoms with Crippen molar-refractivity contribution in [3.05, 3.63) is 58.6 Å². The van der Waals surface area contributed by atoms with Crippen molar-refractivity contribution in [1.29, 1.82) is 5.26 Å². The summed E-state index contributed by atoms with van der Waals surface area (Å²) >= 11 is 6.83. The van der Waals surface area contributed by atoms with Crippen molar-refractivity contribution in [3.8, 4) is 6.07 Å². The number of hydrogen-bond acceptors (Lipinski definition) is 2. The van der Waals surface area contributed by atoms with E-state index in [2.05, 4.69) is 0 Å². The molecule has 0 saturated heterocycles. The molecule has 0 bridgehead atoms. The maximum absolute atomic E-state index is 13.5. The number of rotatable bonds is 2. The molecule has 2 rings (SSSR count). The highest BCUT2D eigenvalue weighted by atomic mass is 35.5. The van der Waals surface area contributed by atoms with E-state index in [9.17, 15) is 8.78 Å². The summed E-state index contributed by atoms with van der Waals surface area (Å²) in [4.78, 5) is 0.836. The van der Waals surface area contributed by atoms with Crippen molar-refractivity contribution < 1.29 is 8.78 Å². The first kappa shape index (κ1) is 12.9. The molecule has 0 aliphatic carbocycles. The average Bonchev–Trinajstić information content (AvgIpc) is 2.34. The molecule has 0 N–H and O–H groups in total. The zero-order valence-corrected chi connectivity index (χ0v) is 10.5. The van der Waals surface area contributed by atoms with Crippen molar-refractivity contribution in [2.75, 3.05) is 0 Å². The van der Waals surface area contributed by atoms with E-state index in [1.165, 1.54) is 18.2 Å². The summed E-state index contributed by atoms with van der Waals surface area (Å²) in [7, 11) is 0. The van der Waals surface area contributed by atoms with Gasteiger partial charge in [-0.1, -0.05) is 23.4 Å². The molecule has 0 aliphatic heterocycles. The SMILES string of the molecule is N#Cc1cc(Cl)ccc1Sc1ccc(F)cc1F. The van der Waals surface area contributed by atoms with Crippen LogP contribution in [0.15, 0.2) is 46.2 Å². The van der Waals surface area contributed by atoms with Crippen LogP contribution in [0.2, 0.25) is 5.02 Å². The maximum Gasteiger partial charge on any atom is 0.140 e. The summed E-state index contributed by atoms with van der Waals surface area (Å²) in [5.41, 5.74) is 0.358. The van der Waals surface area contributed by atoms with Crippen molar-refractivity contribution in [1.82, 2.24) is 0 Å². The fourth-order valence-electron chi connectivity index (χ4n) is 1.36. The summed E-state index contributed by atoms with van der Waals surface area (Å²) in [6, 6.07) is 10.1. The molecular weight excluding hydrogens is 276 g/mol. The van der Waals surface area contributed by atoms with Crippen LogP contribution in [-0.2, 0) is 0 Å². The lowest BCUT2D eigenvalue weighted by Gasteiger charge is -2.05. The molecule has 2 aromatic rings. The fourth-order valence-corrected chi connectivity index (χ4v) is 2.41. The summed E-state index contributed by atoms with van der Waals surface area (Å²) in [6.07, 6.45) is 0. The summed E-state index contributed by atoms with van der Waals surface area (Å²) in [5.74, 6) is -1.28. The molecule has 1 nitrogen and oxygen atoms in total. The van der Waals surface area contributed by atoms with E-state index in [4.69, 9.17) is 16.9 Å². The highest BCUT2D eigenvalue weighted by molar-refractivity contribution is 7.99. The Morgan fingerprint density at radius 1 is 1.06 bits per heavy atom. The van der Waals surface area contributed by atoms with Crippen molar-refractivity contribution >= 4 is 23.4 Å². The summed E-state index contributed by atoms with van der Waals surface area (Å²) in [6.45, 7) is 0. The first-order valence-electron chi connectivity index (χ1n) is 4.92. The molecule has 90 valence electrons. The highest BCUT2D eigenvalue weighted by Crippen LogP contribution is 2.33. The van der Waals surface area contributed by atoms with Gasteiger partial charge in [-0.2, -0.15) is 5.26 Å². The number of halogens is 3. The van der Waals surface area contributed by atoms with Gasteiger partial charge in [0.25, 0.3) is 0 Å². The minimum atomic E-state index is -0.654. The van der Waals surface area contributed by atoms with Crippen LogP contribution < -0.4 is 0 Å². The largest absolute Gasteiger partial charge is 0.207 e. The van der Waals surface area contributed by atoms with Crippen LogP contribution in [0.5, 0.6) is 0 Å². The number of nitrogens with zero attached hydrogens (tertiary/aromatic N) is 1. The lowest BCUT2D eigenvalue weighted by atomic mass is 10.2. The molecule has 0 saturated carbocycles. The van der Waals surface area contributed by atoms with Gasteiger partial charge in [-0.15, -0.1) is 0 Å². The van der Waals surface area contributed by atoms with E-state index in [0.29, 0.717) is 15.5 Å². The van der Waals surface area contributed by atoms with Crippen LogP contribution >= 0.6 is 23.4 Å². The van der Waals surface area contributed by atoms with Crippen molar-refractivity contribution in [3.63, 3.8) is 0 Å². The topological polar surface area (TPSA) is 23.8 Å². The van der Waals surface area contributed by atoms with Crippen LogP contribution in [0.4, 0.5) is 8.78 Å². The molecule has 0 unspecified atom stereocenters. The van der Waals surface area contributed by atoms with Gasteiger partial charge >= 0.3 is 0 Å². The highest BCUT2D eigenvalue weighted by Gasteiger charge is 2.09. The van der Waals surface area contributed by atoms with Crippen LogP contribution in [0.1, 0.15) is 5.56 Å². The molecule has 0 aromatic heterocycles. The number of hydrogen-bond donors (Lipinski definition) is 0. The standard InChI is InChI=1S/C13H6ClF2NS/c14-9-1-3-12(8(5-9)7-17)18-13-4-2-10(15)6-11(13)16/h1-6H. The Morgan fingerprint density at radius 3 is 2.44 bits per heavy atom. The molecule has 0 atom stereocenters. The van der Waals surface area contributed by atoms with Crippen molar-refractivity contribution in [2.45, 2.75) is 9.79 Å². The van der Waals surface area contributed by atoms with Gasteiger partial charge in [0, 0.05) is 20.9 Å².